The molecule has 0 saturated carbocycles. The number of hydrogen-bond acceptors (Lipinski definition) is 4. The normalized spacial score (nSPS) is 12.5. The molecular formula is C12H9BrN2O2. The molecule has 1 aliphatic rings. The number of rotatable bonds is 2. The van der Waals surface area contributed by atoms with Crippen molar-refractivity contribution in [2.75, 3.05) is 12.1 Å². The lowest BCUT2D eigenvalue weighted by atomic mass is 10.3. The molecule has 86 valence electrons. The van der Waals surface area contributed by atoms with Gasteiger partial charge in [-0.25, -0.2) is 4.98 Å². The number of nitrogens with one attached hydrogen (secondary N) is 1. The Bertz CT molecular complexity index is 560. The molecule has 2 aromatic rings. The molecular weight excluding hydrogens is 284 g/mol. The van der Waals surface area contributed by atoms with Crippen molar-refractivity contribution >= 4 is 27.4 Å². The molecule has 4 nitrogen and oxygen atoms in total. The van der Waals surface area contributed by atoms with E-state index in [-0.39, 0.29) is 6.79 Å². The van der Waals surface area contributed by atoms with Crippen LogP contribution < -0.4 is 14.8 Å². The van der Waals surface area contributed by atoms with E-state index >= 15 is 0 Å². The van der Waals surface area contributed by atoms with E-state index in [1.54, 1.807) is 6.20 Å². The number of hydrogen-bond donors (Lipinski definition) is 1. The Morgan fingerprint density at radius 3 is 2.94 bits per heavy atom. The maximum absolute atomic E-state index is 5.31. The second-order valence-corrected chi connectivity index (χ2v) is 4.38. The standard InChI is InChI=1S/C12H9BrN2O2/c13-9-2-1-5-14-12(9)15-8-3-4-10-11(6-8)17-7-16-10/h1-6H,7H2,(H,14,15). The van der Waals surface area contributed by atoms with E-state index in [0.29, 0.717) is 0 Å². The average Bonchev–Trinajstić information content (AvgIpc) is 2.79. The van der Waals surface area contributed by atoms with Crippen LogP contribution in [0.25, 0.3) is 0 Å². The zero-order valence-corrected chi connectivity index (χ0v) is 10.4. The molecule has 17 heavy (non-hydrogen) atoms. The van der Waals surface area contributed by atoms with Gasteiger partial charge < -0.3 is 14.8 Å². The largest absolute Gasteiger partial charge is 0.454 e. The fourth-order valence-corrected chi connectivity index (χ4v) is 1.94. The van der Waals surface area contributed by atoms with E-state index in [1.807, 2.05) is 30.3 Å². The Hall–Kier alpha value is -1.75. The molecule has 0 aliphatic carbocycles. The number of ether oxygens (including phenoxy) is 2. The van der Waals surface area contributed by atoms with Crippen molar-refractivity contribution in [1.82, 2.24) is 4.98 Å². The fourth-order valence-electron chi connectivity index (χ4n) is 1.59. The second kappa shape index (κ2) is 4.25. The summed E-state index contributed by atoms with van der Waals surface area (Å²) in [6.07, 6.45) is 1.74. The summed E-state index contributed by atoms with van der Waals surface area (Å²) in [7, 11) is 0. The van der Waals surface area contributed by atoms with Crippen molar-refractivity contribution < 1.29 is 9.47 Å². The van der Waals surface area contributed by atoms with Gasteiger partial charge in [-0.2, -0.15) is 0 Å². The van der Waals surface area contributed by atoms with Crippen LogP contribution in [0.1, 0.15) is 0 Å². The zero-order chi connectivity index (χ0) is 11.7. The molecule has 5 heteroatoms. The topological polar surface area (TPSA) is 43.4 Å². The number of benzene rings is 1. The van der Waals surface area contributed by atoms with Crippen LogP contribution in [0.4, 0.5) is 11.5 Å². The quantitative estimate of drug-likeness (QED) is 0.922. The van der Waals surface area contributed by atoms with E-state index in [1.165, 1.54) is 0 Å². The van der Waals surface area contributed by atoms with Crippen LogP contribution in [-0.2, 0) is 0 Å². The minimum absolute atomic E-state index is 0.284. The van der Waals surface area contributed by atoms with Gasteiger partial charge in [-0.05, 0) is 40.2 Å². The molecule has 0 unspecified atom stereocenters. The number of pyridine rings is 1. The first kappa shape index (κ1) is 10.4. The third-order valence-corrected chi connectivity index (χ3v) is 3.03. The summed E-state index contributed by atoms with van der Waals surface area (Å²) in [6, 6.07) is 9.50. The molecule has 1 aromatic heterocycles. The molecule has 0 atom stereocenters. The van der Waals surface area contributed by atoms with Crippen LogP contribution in [-0.4, -0.2) is 11.8 Å². The summed E-state index contributed by atoms with van der Waals surface area (Å²) in [5, 5.41) is 3.21. The van der Waals surface area contributed by atoms with Crippen LogP contribution in [0.5, 0.6) is 11.5 Å². The van der Waals surface area contributed by atoms with Crippen molar-refractivity contribution in [3.05, 3.63) is 41.0 Å². The highest BCUT2D eigenvalue weighted by molar-refractivity contribution is 9.10. The van der Waals surface area contributed by atoms with Crippen LogP contribution in [0.2, 0.25) is 0 Å². The molecule has 2 heterocycles. The van der Waals surface area contributed by atoms with E-state index in [0.717, 1.165) is 27.5 Å². The summed E-state index contributed by atoms with van der Waals surface area (Å²) < 4.78 is 11.5. The van der Waals surface area contributed by atoms with Gasteiger partial charge in [0.05, 0.1) is 4.47 Å². The van der Waals surface area contributed by atoms with Crippen molar-refractivity contribution in [1.29, 1.82) is 0 Å². The zero-order valence-electron chi connectivity index (χ0n) is 8.81. The predicted molar refractivity (Wildman–Crippen MR) is 67.8 cm³/mol. The second-order valence-electron chi connectivity index (χ2n) is 3.53. The first-order valence-corrected chi connectivity index (χ1v) is 5.89. The van der Waals surface area contributed by atoms with Gasteiger partial charge in [0.25, 0.3) is 0 Å². The molecule has 0 radical (unpaired) electrons. The number of nitrogens with zero attached hydrogens (tertiary/aromatic N) is 1. The van der Waals surface area contributed by atoms with Crippen molar-refractivity contribution in [2.24, 2.45) is 0 Å². The Morgan fingerprint density at radius 2 is 2.06 bits per heavy atom. The van der Waals surface area contributed by atoms with Gasteiger partial charge in [-0.1, -0.05) is 0 Å². The van der Waals surface area contributed by atoms with Crippen LogP contribution >= 0.6 is 15.9 Å². The van der Waals surface area contributed by atoms with Gasteiger partial charge in [0, 0.05) is 18.0 Å². The molecule has 3 rings (SSSR count). The first-order chi connectivity index (χ1) is 8.33. The minimum atomic E-state index is 0.284. The summed E-state index contributed by atoms with van der Waals surface area (Å²) >= 11 is 3.44. The summed E-state index contributed by atoms with van der Waals surface area (Å²) in [5.74, 6) is 2.30. The average molecular weight is 293 g/mol. The lowest BCUT2D eigenvalue weighted by molar-refractivity contribution is 0.174. The number of halogens is 1. The van der Waals surface area contributed by atoms with Crippen LogP contribution in [0.3, 0.4) is 0 Å². The van der Waals surface area contributed by atoms with E-state index < -0.39 is 0 Å². The number of anilines is 2. The molecule has 0 bridgehead atoms. The fraction of sp³-hybridized carbons (Fsp3) is 0.0833. The van der Waals surface area contributed by atoms with Gasteiger partial charge in [0.2, 0.25) is 6.79 Å². The van der Waals surface area contributed by atoms with Gasteiger partial charge in [-0.3, -0.25) is 0 Å². The molecule has 0 amide bonds. The molecule has 1 N–H and O–H groups in total. The van der Waals surface area contributed by atoms with Gasteiger partial charge >= 0.3 is 0 Å². The Kier molecular flexibility index (Phi) is 2.60. The first-order valence-electron chi connectivity index (χ1n) is 5.10. The van der Waals surface area contributed by atoms with Crippen molar-refractivity contribution in [2.45, 2.75) is 0 Å². The number of fused-ring (bicyclic) bond motifs is 1. The number of aromatic nitrogens is 1. The van der Waals surface area contributed by atoms with Gasteiger partial charge in [-0.15, -0.1) is 0 Å². The van der Waals surface area contributed by atoms with Crippen LogP contribution in [0, 0.1) is 0 Å². The summed E-state index contributed by atoms with van der Waals surface area (Å²) in [4.78, 5) is 4.24. The van der Waals surface area contributed by atoms with E-state index in [2.05, 4.69) is 26.2 Å². The highest BCUT2D eigenvalue weighted by Gasteiger charge is 2.13. The van der Waals surface area contributed by atoms with Gasteiger partial charge in [0.15, 0.2) is 11.5 Å². The Balaban J connectivity index is 1.89. The maximum atomic E-state index is 5.31. The highest BCUT2D eigenvalue weighted by atomic mass is 79.9. The van der Waals surface area contributed by atoms with Crippen molar-refractivity contribution in [3.8, 4) is 11.5 Å². The third kappa shape index (κ3) is 2.06. The predicted octanol–water partition coefficient (Wildman–Crippen LogP) is 3.32. The smallest absolute Gasteiger partial charge is 0.231 e. The molecule has 0 fully saturated rings. The lowest BCUT2D eigenvalue weighted by Gasteiger charge is -2.07. The SMILES string of the molecule is Brc1cccnc1Nc1ccc2c(c1)OCO2. The lowest BCUT2D eigenvalue weighted by Crippen LogP contribution is -1.94. The molecule has 0 spiro atoms. The summed E-state index contributed by atoms with van der Waals surface area (Å²) in [6.45, 7) is 0.284. The van der Waals surface area contributed by atoms with E-state index in [9.17, 15) is 0 Å². The molecule has 1 aromatic carbocycles. The Morgan fingerprint density at radius 1 is 1.18 bits per heavy atom. The van der Waals surface area contributed by atoms with Gasteiger partial charge in [0.1, 0.15) is 5.82 Å². The molecule has 1 aliphatic heterocycles. The third-order valence-electron chi connectivity index (χ3n) is 2.39. The minimum Gasteiger partial charge on any atom is -0.454 e. The highest BCUT2D eigenvalue weighted by Crippen LogP contribution is 2.35. The monoisotopic (exact) mass is 292 g/mol. The molecule has 0 saturated heterocycles. The maximum Gasteiger partial charge on any atom is 0.231 e. The Labute approximate surface area is 107 Å². The van der Waals surface area contributed by atoms with E-state index in [4.69, 9.17) is 9.47 Å². The van der Waals surface area contributed by atoms with Crippen molar-refractivity contribution in [3.63, 3.8) is 0 Å². The van der Waals surface area contributed by atoms with Crippen LogP contribution in [0.15, 0.2) is 41.0 Å². The summed E-state index contributed by atoms with van der Waals surface area (Å²) in [5.41, 5.74) is 0.911.